The van der Waals surface area contributed by atoms with Crippen molar-refractivity contribution in [2.24, 2.45) is 0 Å². The number of hydrogen-bond acceptors (Lipinski definition) is 4. The maximum atomic E-state index is 13.2. The smallest absolute Gasteiger partial charge is 0.287 e. The summed E-state index contributed by atoms with van der Waals surface area (Å²) in [6.07, 6.45) is 34.0. The zero-order valence-electron chi connectivity index (χ0n) is 26.3. The van der Waals surface area contributed by atoms with Crippen LogP contribution >= 0.6 is 7.82 Å². The average molecular weight is 561 g/mol. The molecule has 38 heavy (non-hydrogen) atoms. The van der Waals surface area contributed by atoms with Crippen LogP contribution in [0.1, 0.15) is 194 Å². The molecule has 0 rings (SSSR count). The third kappa shape index (κ3) is 29.1. The number of phosphoric acid groups is 1. The van der Waals surface area contributed by atoms with Crippen LogP contribution in [0.5, 0.6) is 0 Å². The largest absolute Gasteiger partial charge is 0.474 e. The second-order valence-corrected chi connectivity index (χ2v) is 13.1. The lowest BCUT2D eigenvalue weighted by Crippen LogP contribution is -2.04. The highest BCUT2D eigenvalue weighted by atomic mass is 31.2. The van der Waals surface area contributed by atoms with E-state index in [1.165, 1.54) is 135 Å². The molecule has 0 aromatic carbocycles. The molecule has 0 aromatic heterocycles. The zero-order valence-corrected chi connectivity index (χ0v) is 27.2. The van der Waals surface area contributed by atoms with E-state index in [1.807, 2.05) is 0 Å². The highest BCUT2D eigenvalue weighted by Crippen LogP contribution is 2.50. The Labute approximate surface area is 239 Å². The van der Waals surface area contributed by atoms with Crippen molar-refractivity contribution in [2.45, 2.75) is 194 Å². The molecule has 0 saturated carbocycles. The monoisotopic (exact) mass is 560 g/mol. The summed E-state index contributed by atoms with van der Waals surface area (Å²) < 4.78 is 30.5. The molecule has 230 valence electrons. The molecule has 5 heteroatoms. The summed E-state index contributed by atoms with van der Waals surface area (Å²) in [5, 5.41) is 0. The van der Waals surface area contributed by atoms with Gasteiger partial charge in [0.15, 0.2) is 0 Å². The van der Waals surface area contributed by atoms with Crippen molar-refractivity contribution < 1.29 is 18.1 Å². The Bertz CT molecular complexity index is 460. The molecule has 0 aliphatic rings. The van der Waals surface area contributed by atoms with E-state index in [2.05, 4.69) is 20.8 Å². The molecular weight excluding hydrogens is 491 g/mol. The van der Waals surface area contributed by atoms with E-state index in [0.29, 0.717) is 19.8 Å². The summed E-state index contributed by atoms with van der Waals surface area (Å²) in [5.74, 6) is 0. The van der Waals surface area contributed by atoms with Crippen LogP contribution < -0.4 is 0 Å². The maximum absolute atomic E-state index is 13.2. The van der Waals surface area contributed by atoms with Gasteiger partial charge in [-0.15, -0.1) is 0 Å². The lowest BCUT2D eigenvalue weighted by Gasteiger charge is -2.18. The van der Waals surface area contributed by atoms with Gasteiger partial charge in [0.05, 0.1) is 19.8 Å². The van der Waals surface area contributed by atoms with Crippen LogP contribution in [0, 0.1) is 0 Å². The highest BCUT2D eigenvalue weighted by molar-refractivity contribution is 7.48. The van der Waals surface area contributed by atoms with Crippen LogP contribution in [0.4, 0.5) is 0 Å². The second kappa shape index (κ2) is 31.6. The molecule has 0 fully saturated rings. The van der Waals surface area contributed by atoms with E-state index in [9.17, 15) is 4.57 Å². The third-order valence-corrected chi connectivity index (χ3v) is 8.99. The second-order valence-electron chi connectivity index (χ2n) is 11.4. The van der Waals surface area contributed by atoms with Crippen molar-refractivity contribution in [2.75, 3.05) is 19.8 Å². The lowest BCUT2D eigenvalue weighted by atomic mass is 10.1. The Hall–Kier alpha value is 0.110. The first-order chi connectivity index (χ1) is 18.7. The van der Waals surface area contributed by atoms with Crippen molar-refractivity contribution in [1.29, 1.82) is 0 Å². The molecule has 0 radical (unpaired) electrons. The van der Waals surface area contributed by atoms with Crippen LogP contribution in [0.2, 0.25) is 0 Å². The first kappa shape index (κ1) is 38.1. The predicted octanol–water partition coefficient (Wildman–Crippen LogP) is 12.7. The summed E-state index contributed by atoms with van der Waals surface area (Å²) in [4.78, 5) is 0. The van der Waals surface area contributed by atoms with Crippen molar-refractivity contribution >= 4 is 7.82 Å². The number of rotatable bonds is 33. The first-order valence-electron chi connectivity index (χ1n) is 17.2. The van der Waals surface area contributed by atoms with E-state index < -0.39 is 7.82 Å². The molecule has 0 aliphatic heterocycles. The van der Waals surface area contributed by atoms with E-state index in [0.717, 1.165) is 38.5 Å². The number of unbranched alkanes of at least 4 members (excludes halogenated alkanes) is 24. The van der Waals surface area contributed by atoms with Crippen molar-refractivity contribution in [3.8, 4) is 0 Å². The van der Waals surface area contributed by atoms with Crippen LogP contribution in [-0.4, -0.2) is 19.8 Å². The van der Waals surface area contributed by atoms with Gasteiger partial charge in [0.25, 0.3) is 0 Å². The summed E-state index contributed by atoms with van der Waals surface area (Å²) in [7, 11) is -3.44. The molecule has 0 amide bonds. The van der Waals surface area contributed by atoms with E-state index in [4.69, 9.17) is 13.6 Å². The minimum atomic E-state index is -3.44. The van der Waals surface area contributed by atoms with Gasteiger partial charge in [-0.2, -0.15) is 0 Å². The predicted molar refractivity (Wildman–Crippen MR) is 167 cm³/mol. The average Bonchev–Trinajstić information content (AvgIpc) is 2.92. The normalized spacial score (nSPS) is 12.0. The lowest BCUT2D eigenvalue weighted by molar-refractivity contribution is 0.108. The molecule has 0 aliphatic carbocycles. The van der Waals surface area contributed by atoms with Crippen LogP contribution in [0.3, 0.4) is 0 Å². The first-order valence-corrected chi connectivity index (χ1v) is 18.7. The molecule has 0 heterocycles. The molecule has 0 unspecified atom stereocenters. The Morgan fingerprint density at radius 2 is 0.500 bits per heavy atom. The Morgan fingerprint density at radius 3 is 0.711 bits per heavy atom. The molecule has 0 bridgehead atoms. The molecule has 4 nitrogen and oxygen atoms in total. The van der Waals surface area contributed by atoms with Gasteiger partial charge >= 0.3 is 7.82 Å². The molecular formula is C33H69O4P. The van der Waals surface area contributed by atoms with Gasteiger partial charge in [0.1, 0.15) is 0 Å². The highest BCUT2D eigenvalue weighted by Gasteiger charge is 2.26. The van der Waals surface area contributed by atoms with Gasteiger partial charge in [-0.25, -0.2) is 4.57 Å². The number of phosphoric ester groups is 1. The molecule has 0 spiro atoms. The summed E-state index contributed by atoms with van der Waals surface area (Å²) in [5.41, 5.74) is 0. The maximum Gasteiger partial charge on any atom is 0.474 e. The van der Waals surface area contributed by atoms with Gasteiger partial charge in [0, 0.05) is 0 Å². The Morgan fingerprint density at radius 1 is 0.316 bits per heavy atom. The van der Waals surface area contributed by atoms with Gasteiger partial charge in [-0.3, -0.25) is 13.6 Å². The SMILES string of the molecule is CCCCCCCCCCCCCOP(=O)(OCCCCCCCCCC)OCCCCCCCCCC. The molecule has 0 N–H and O–H groups in total. The number of hydrogen-bond donors (Lipinski definition) is 0. The Kier molecular flexibility index (Phi) is 31.7. The van der Waals surface area contributed by atoms with Gasteiger partial charge in [0.2, 0.25) is 0 Å². The zero-order chi connectivity index (χ0) is 27.8. The summed E-state index contributed by atoms with van der Waals surface area (Å²) >= 11 is 0. The molecule has 0 saturated heterocycles. The minimum Gasteiger partial charge on any atom is -0.287 e. The quantitative estimate of drug-likeness (QED) is 0.0591. The van der Waals surface area contributed by atoms with Crippen LogP contribution in [0.15, 0.2) is 0 Å². The fraction of sp³-hybridized carbons (Fsp3) is 1.00. The van der Waals surface area contributed by atoms with Crippen molar-refractivity contribution in [3.05, 3.63) is 0 Å². The Balaban J connectivity index is 4.04. The third-order valence-electron chi connectivity index (χ3n) is 7.49. The summed E-state index contributed by atoms with van der Waals surface area (Å²) in [6, 6.07) is 0. The molecule has 0 aromatic rings. The van der Waals surface area contributed by atoms with E-state index >= 15 is 0 Å². The van der Waals surface area contributed by atoms with Crippen molar-refractivity contribution in [1.82, 2.24) is 0 Å². The fourth-order valence-electron chi connectivity index (χ4n) is 4.88. The van der Waals surface area contributed by atoms with Crippen LogP contribution in [-0.2, 0) is 18.1 Å². The molecule has 0 atom stereocenters. The fourth-order valence-corrected chi connectivity index (χ4v) is 6.16. The minimum absolute atomic E-state index is 0.474. The topological polar surface area (TPSA) is 44.8 Å². The van der Waals surface area contributed by atoms with E-state index in [-0.39, 0.29) is 0 Å². The van der Waals surface area contributed by atoms with Crippen LogP contribution in [0.25, 0.3) is 0 Å². The van der Waals surface area contributed by atoms with Gasteiger partial charge < -0.3 is 0 Å². The standard InChI is InChI=1S/C33H69O4P/c1-4-7-10-13-16-19-20-21-24-27-30-33-37-38(34,35-31-28-25-22-17-14-11-8-5-2)36-32-29-26-23-18-15-12-9-6-3/h4-33H2,1-3H3. The summed E-state index contributed by atoms with van der Waals surface area (Å²) in [6.45, 7) is 8.21. The van der Waals surface area contributed by atoms with Crippen molar-refractivity contribution in [3.63, 3.8) is 0 Å². The van der Waals surface area contributed by atoms with Gasteiger partial charge in [-0.05, 0) is 19.3 Å². The van der Waals surface area contributed by atoms with E-state index in [1.54, 1.807) is 0 Å². The van der Waals surface area contributed by atoms with Gasteiger partial charge in [-0.1, -0.05) is 175 Å².